The Bertz CT molecular complexity index is 392. The highest BCUT2D eigenvalue weighted by molar-refractivity contribution is 7.11. The summed E-state index contributed by atoms with van der Waals surface area (Å²) in [6.07, 6.45) is 3.60. The van der Waals surface area contributed by atoms with Gasteiger partial charge in [-0.15, -0.1) is 11.3 Å². The van der Waals surface area contributed by atoms with Crippen LogP contribution in [0.3, 0.4) is 0 Å². The fraction of sp³-hybridized carbons (Fsp3) is 0.0909. The summed E-state index contributed by atoms with van der Waals surface area (Å²) in [5, 5.41) is 2.91. The minimum absolute atomic E-state index is 0.723. The lowest BCUT2D eigenvalue weighted by Crippen LogP contribution is -1.82. The Labute approximate surface area is 87.0 Å². The van der Waals surface area contributed by atoms with E-state index in [-0.39, 0.29) is 0 Å². The molecule has 0 atom stereocenters. The summed E-state index contributed by atoms with van der Waals surface area (Å²) < 4.78 is 0. The maximum Gasteiger partial charge on any atom is 0.133 e. The van der Waals surface area contributed by atoms with Gasteiger partial charge < -0.3 is 0 Å². The fourth-order valence-corrected chi connectivity index (χ4v) is 1.63. The molecule has 0 saturated carbocycles. The predicted molar refractivity (Wildman–Crippen MR) is 59.9 cm³/mol. The van der Waals surface area contributed by atoms with Crippen molar-refractivity contribution in [3.8, 4) is 0 Å². The Morgan fingerprint density at radius 3 is 2.86 bits per heavy atom. The number of aliphatic imine (C=N–C) groups is 1. The second-order valence-corrected chi connectivity index (χ2v) is 3.75. The summed E-state index contributed by atoms with van der Waals surface area (Å²) in [5.41, 5.74) is 1.22. The van der Waals surface area contributed by atoms with Crippen molar-refractivity contribution < 1.29 is 0 Å². The zero-order valence-electron chi connectivity index (χ0n) is 7.63. The van der Waals surface area contributed by atoms with Crippen molar-refractivity contribution in [2.24, 2.45) is 4.99 Å². The van der Waals surface area contributed by atoms with Gasteiger partial charge in [-0.25, -0.2) is 4.98 Å². The minimum atomic E-state index is 0.723. The van der Waals surface area contributed by atoms with Crippen LogP contribution < -0.4 is 0 Å². The Balaban J connectivity index is 1.95. The molecule has 2 aromatic rings. The van der Waals surface area contributed by atoms with E-state index in [1.165, 1.54) is 5.56 Å². The summed E-state index contributed by atoms with van der Waals surface area (Å²) in [4.78, 5) is 8.42. The Morgan fingerprint density at radius 2 is 2.14 bits per heavy atom. The molecule has 0 aliphatic rings. The largest absolute Gasteiger partial charge is 0.285 e. The molecule has 1 heterocycles. The molecule has 0 spiro atoms. The molecule has 0 bridgehead atoms. The highest BCUT2D eigenvalue weighted by Crippen LogP contribution is 2.02. The van der Waals surface area contributed by atoms with E-state index < -0.39 is 0 Å². The maximum atomic E-state index is 4.31. The van der Waals surface area contributed by atoms with Gasteiger partial charge in [-0.2, -0.15) is 0 Å². The molecule has 3 heteroatoms. The molecule has 0 radical (unpaired) electrons. The van der Waals surface area contributed by atoms with E-state index in [1.54, 1.807) is 17.5 Å². The third-order valence-electron chi connectivity index (χ3n) is 1.77. The molecular weight excluding hydrogens is 192 g/mol. The molecule has 0 aliphatic carbocycles. The predicted octanol–water partition coefficient (Wildman–Crippen LogP) is 2.76. The van der Waals surface area contributed by atoms with Gasteiger partial charge in [0.1, 0.15) is 5.01 Å². The molecule has 0 amide bonds. The number of aromatic nitrogens is 1. The van der Waals surface area contributed by atoms with E-state index in [0.29, 0.717) is 0 Å². The Kier molecular flexibility index (Phi) is 3.03. The van der Waals surface area contributed by atoms with Crippen LogP contribution >= 0.6 is 11.3 Å². The van der Waals surface area contributed by atoms with Crippen LogP contribution in [0.1, 0.15) is 10.6 Å². The molecule has 0 saturated heterocycles. The van der Waals surface area contributed by atoms with Gasteiger partial charge in [-0.3, -0.25) is 4.99 Å². The lowest BCUT2D eigenvalue weighted by atomic mass is 10.2. The van der Waals surface area contributed by atoms with Gasteiger partial charge in [-0.05, 0) is 5.56 Å². The zero-order chi connectivity index (χ0) is 9.64. The molecule has 1 aromatic carbocycles. The van der Waals surface area contributed by atoms with Gasteiger partial charge >= 0.3 is 0 Å². The van der Waals surface area contributed by atoms with Crippen LogP contribution in [0.5, 0.6) is 0 Å². The number of rotatable bonds is 3. The molecule has 0 unspecified atom stereocenters. The van der Waals surface area contributed by atoms with Crippen LogP contribution in [-0.4, -0.2) is 11.2 Å². The minimum Gasteiger partial charge on any atom is -0.285 e. The number of hydrogen-bond acceptors (Lipinski definition) is 3. The SMILES string of the molecule is C(=NCc1ccccc1)c1nccs1. The lowest BCUT2D eigenvalue weighted by Gasteiger charge is -1.93. The number of nitrogens with zero attached hydrogens (tertiary/aromatic N) is 2. The van der Waals surface area contributed by atoms with Crippen molar-refractivity contribution in [3.63, 3.8) is 0 Å². The molecule has 14 heavy (non-hydrogen) atoms. The van der Waals surface area contributed by atoms with Crippen molar-refractivity contribution >= 4 is 17.6 Å². The maximum absolute atomic E-state index is 4.31. The van der Waals surface area contributed by atoms with Crippen molar-refractivity contribution in [3.05, 3.63) is 52.5 Å². The molecule has 0 N–H and O–H groups in total. The normalized spacial score (nSPS) is 10.9. The first-order valence-corrected chi connectivity index (χ1v) is 5.26. The summed E-state index contributed by atoms with van der Waals surface area (Å²) in [7, 11) is 0. The summed E-state index contributed by atoms with van der Waals surface area (Å²) in [5.74, 6) is 0. The smallest absolute Gasteiger partial charge is 0.133 e. The van der Waals surface area contributed by atoms with Gasteiger partial charge in [0.05, 0.1) is 12.8 Å². The molecule has 70 valence electrons. The third kappa shape index (κ3) is 2.50. The van der Waals surface area contributed by atoms with E-state index in [2.05, 4.69) is 22.1 Å². The number of benzene rings is 1. The van der Waals surface area contributed by atoms with Crippen LogP contribution in [0.25, 0.3) is 0 Å². The average molecular weight is 202 g/mol. The average Bonchev–Trinajstić information content (AvgIpc) is 2.72. The zero-order valence-corrected chi connectivity index (χ0v) is 8.45. The van der Waals surface area contributed by atoms with Crippen molar-refractivity contribution in [1.82, 2.24) is 4.98 Å². The standard InChI is InChI=1S/C11H10N2S/c1-2-4-10(5-3-1)8-12-9-11-13-6-7-14-11/h1-7,9H,8H2. The molecule has 1 aromatic heterocycles. The van der Waals surface area contributed by atoms with Crippen LogP contribution in [0.4, 0.5) is 0 Å². The van der Waals surface area contributed by atoms with Gasteiger partial charge in [-0.1, -0.05) is 30.3 Å². The van der Waals surface area contributed by atoms with E-state index in [9.17, 15) is 0 Å². The molecule has 0 aliphatic heterocycles. The second-order valence-electron chi connectivity index (χ2n) is 2.83. The van der Waals surface area contributed by atoms with E-state index in [4.69, 9.17) is 0 Å². The van der Waals surface area contributed by atoms with Gasteiger partial charge in [0.25, 0.3) is 0 Å². The van der Waals surface area contributed by atoms with Crippen molar-refractivity contribution in [2.75, 3.05) is 0 Å². The molecular formula is C11H10N2S. The lowest BCUT2D eigenvalue weighted by molar-refractivity contribution is 1.08. The van der Waals surface area contributed by atoms with E-state index in [1.807, 2.05) is 29.8 Å². The first kappa shape index (κ1) is 9.09. The first-order valence-electron chi connectivity index (χ1n) is 4.38. The topological polar surface area (TPSA) is 25.2 Å². The van der Waals surface area contributed by atoms with Gasteiger partial charge in [0.2, 0.25) is 0 Å². The monoisotopic (exact) mass is 202 g/mol. The Morgan fingerprint density at radius 1 is 1.29 bits per heavy atom. The van der Waals surface area contributed by atoms with E-state index >= 15 is 0 Å². The number of thiazole rings is 1. The van der Waals surface area contributed by atoms with Crippen molar-refractivity contribution in [2.45, 2.75) is 6.54 Å². The van der Waals surface area contributed by atoms with Crippen LogP contribution in [0.2, 0.25) is 0 Å². The quantitative estimate of drug-likeness (QED) is 0.702. The first-order chi connectivity index (χ1) is 6.95. The van der Waals surface area contributed by atoms with E-state index in [0.717, 1.165) is 11.6 Å². The highest BCUT2D eigenvalue weighted by Gasteiger charge is 1.89. The van der Waals surface area contributed by atoms with Crippen LogP contribution in [-0.2, 0) is 6.54 Å². The van der Waals surface area contributed by atoms with Gasteiger partial charge in [0, 0.05) is 11.6 Å². The summed E-state index contributed by atoms with van der Waals surface area (Å²) in [6, 6.07) is 10.2. The summed E-state index contributed by atoms with van der Waals surface area (Å²) in [6.45, 7) is 0.723. The fourth-order valence-electron chi connectivity index (χ4n) is 1.11. The van der Waals surface area contributed by atoms with Crippen molar-refractivity contribution in [1.29, 1.82) is 0 Å². The van der Waals surface area contributed by atoms with Gasteiger partial charge in [0.15, 0.2) is 0 Å². The second kappa shape index (κ2) is 4.67. The molecule has 0 fully saturated rings. The summed E-state index contributed by atoms with van der Waals surface area (Å²) >= 11 is 1.60. The molecule has 2 nitrogen and oxygen atoms in total. The highest BCUT2D eigenvalue weighted by atomic mass is 32.1. The van der Waals surface area contributed by atoms with Crippen LogP contribution in [0.15, 0.2) is 46.9 Å². The Hall–Kier alpha value is -1.48. The van der Waals surface area contributed by atoms with Crippen LogP contribution in [0, 0.1) is 0 Å². The molecule has 2 rings (SSSR count). The third-order valence-corrected chi connectivity index (χ3v) is 2.48. The number of hydrogen-bond donors (Lipinski definition) is 0.